The molecule has 2 nitrogen and oxygen atoms in total. The van der Waals surface area contributed by atoms with Gasteiger partial charge >= 0.3 is 12.3 Å². The van der Waals surface area contributed by atoms with Gasteiger partial charge in [-0.3, -0.25) is 0 Å². The summed E-state index contributed by atoms with van der Waals surface area (Å²) in [4.78, 5) is 3.84. The lowest BCUT2D eigenvalue weighted by molar-refractivity contribution is -0.185. The Labute approximate surface area is 137 Å². The van der Waals surface area contributed by atoms with Crippen molar-refractivity contribution >= 4 is 21.6 Å². The van der Waals surface area contributed by atoms with Crippen LogP contribution in [0.25, 0.3) is 10.2 Å². The fourth-order valence-corrected chi connectivity index (χ4v) is 3.04. The fourth-order valence-electron chi connectivity index (χ4n) is 2.06. The van der Waals surface area contributed by atoms with Crippen molar-refractivity contribution in [1.29, 1.82) is 0 Å². The minimum atomic E-state index is -4.54. The molecule has 2 aromatic carbocycles. The van der Waals surface area contributed by atoms with Crippen molar-refractivity contribution in [2.75, 3.05) is 0 Å². The Hall–Kier alpha value is -2.22. The largest absolute Gasteiger partial charge is 0.454 e. The maximum atomic E-state index is 14.2. The molecule has 0 N–H and O–H groups in total. The van der Waals surface area contributed by atoms with Crippen LogP contribution in [0.5, 0.6) is 5.75 Å². The maximum absolute atomic E-state index is 14.2. The van der Waals surface area contributed by atoms with E-state index in [1.807, 2.05) is 6.92 Å². The van der Waals surface area contributed by atoms with Gasteiger partial charge in [0.15, 0.2) is 0 Å². The second kappa shape index (κ2) is 5.70. The number of benzene rings is 2. The van der Waals surface area contributed by atoms with E-state index in [0.29, 0.717) is 22.3 Å². The first-order valence-electron chi connectivity index (χ1n) is 6.77. The van der Waals surface area contributed by atoms with E-state index in [4.69, 9.17) is 0 Å². The zero-order valence-corrected chi connectivity index (χ0v) is 13.0. The van der Waals surface area contributed by atoms with Crippen molar-refractivity contribution in [2.24, 2.45) is 0 Å². The van der Waals surface area contributed by atoms with Crippen molar-refractivity contribution in [3.8, 4) is 5.75 Å². The summed E-state index contributed by atoms with van der Waals surface area (Å²) < 4.78 is 71.0. The van der Waals surface area contributed by atoms with Crippen LogP contribution in [0, 0.1) is 6.92 Å². The van der Waals surface area contributed by atoms with E-state index < -0.39 is 22.9 Å². The van der Waals surface area contributed by atoms with Crippen LogP contribution in [0.15, 0.2) is 42.5 Å². The van der Waals surface area contributed by atoms with Gasteiger partial charge < -0.3 is 4.74 Å². The molecule has 0 aliphatic rings. The van der Waals surface area contributed by atoms with E-state index in [1.165, 1.54) is 0 Å². The number of fused-ring (bicyclic) bond motifs is 1. The van der Waals surface area contributed by atoms with Crippen molar-refractivity contribution in [1.82, 2.24) is 4.98 Å². The van der Waals surface area contributed by atoms with Crippen LogP contribution < -0.4 is 4.74 Å². The first-order valence-corrected chi connectivity index (χ1v) is 7.58. The molecule has 1 aromatic heterocycles. The third kappa shape index (κ3) is 3.33. The van der Waals surface area contributed by atoms with Gasteiger partial charge in [-0.2, -0.15) is 22.0 Å². The average Bonchev–Trinajstić information content (AvgIpc) is 2.90. The van der Waals surface area contributed by atoms with Gasteiger partial charge in [0.1, 0.15) is 5.75 Å². The van der Waals surface area contributed by atoms with Gasteiger partial charge in [0.2, 0.25) is 5.01 Å². The predicted octanol–water partition coefficient (Wildman–Crippen LogP) is 5.75. The molecule has 24 heavy (non-hydrogen) atoms. The smallest absolute Gasteiger partial charge is 0.427 e. The molecule has 0 amide bonds. The quantitative estimate of drug-likeness (QED) is 0.556. The SMILES string of the molecule is Cc1ccc2nc(C(F)(F)Oc3ccc(C(F)(F)F)cc3)sc2c1. The number of halogens is 5. The monoisotopic (exact) mass is 359 g/mol. The Morgan fingerprint density at radius 1 is 0.958 bits per heavy atom. The molecule has 0 saturated heterocycles. The van der Waals surface area contributed by atoms with Gasteiger partial charge in [-0.25, -0.2) is 4.98 Å². The number of alkyl halides is 5. The number of thiazole rings is 1. The van der Waals surface area contributed by atoms with E-state index in [-0.39, 0.29) is 5.75 Å². The van der Waals surface area contributed by atoms with E-state index in [9.17, 15) is 22.0 Å². The molecule has 126 valence electrons. The number of ether oxygens (including phenoxy) is 1. The Morgan fingerprint density at radius 3 is 2.25 bits per heavy atom. The van der Waals surface area contributed by atoms with Crippen molar-refractivity contribution in [3.63, 3.8) is 0 Å². The summed E-state index contributed by atoms with van der Waals surface area (Å²) in [5.74, 6) is -0.372. The van der Waals surface area contributed by atoms with Crippen LogP contribution in [0.2, 0.25) is 0 Å². The Balaban J connectivity index is 1.86. The summed E-state index contributed by atoms with van der Waals surface area (Å²) in [5.41, 5.74) is 0.384. The fraction of sp³-hybridized carbons (Fsp3) is 0.188. The molecule has 1 heterocycles. The number of hydrogen-bond donors (Lipinski definition) is 0. The summed E-state index contributed by atoms with van der Waals surface area (Å²) in [6, 6.07) is 8.19. The van der Waals surface area contributed by atoms with Crippen LogP contribution >= 0.6 is 11.3 Å². The van der Waals surface area contributed by atoms with Gasteiger partial charge in [0.25, 0.3) is 0 Å². The standard InChI is InChI=1S/C16H10F5NOS/c1-9-2-7-12-13(8-9)24-14(22-12)16(20,21)23-11-5-3-10(4-6-11)15(17,18)19/h2-8H,1H3. The molecule has 0 radical (unpaired) electrons. The Bertz CT molecular complexity index is 870. The first kappa shape index (κ1) is 16.6. The van der Waals surface area contributed by atoms with Gasteiger partial charge in [0.05, 0.1) is 15.8 Å². The molecule has 0 unspecified atom stereocenters. The van der Waals surface area contributed by atoms with Gasteiger partial charge in [0, 0.05) is 0 Å². The third-order valence-corrected chi connectivity index (χ3v) is 4.29. The van der Waals surface area contributed by atoms with E-state index >= 15 is 0 Å². The van der Waals surface area contributed by atoms with Crippen LogP contribution in [0.1, 0.15) is 16.1 Å². The van der Waals surface area contributed by atoms with Gasteiger partial charge in [-0.1, -0.05) is 6.07 Å². The van der Waals surface area contributed by atoms with Crippen molar-refractivity contribution in [3.05, 3.63) is 58.6 Å². The Morgan fingerprint density at radius 2 is 1.62 bits per heavy atom. The van der Waals surface area contributed by atoms with Crippen LogP contribution in [-0.2, 0) is 12.3 Å². The number of aryl methyl sites for hydroxylation is 1. The molecule has 0 spiro atoms. The first-order chi connectivity index (χ1) is 11.1. The molecule has 8 heteroatoms. The number of hydrogen-bond acceptors (Lipinski definition) is 3. The molecule has 3 aromatic rings. The highest BCUT2D eigenvalue weighted by Crippen LogP contribution is 2.37. The molecule has 0 fully saturated rings. The second-order valence-corrected chi connectivity index (χ2v) is 6.16. The number of aromatic nitrogens is 1. The minimum Gasteiger partial charge on any atom is -0.427 e. The molecule has 0 aliphatic carbocycles. The molecular weight excluding hydrogens is 349 g/mol. The van der Waals surface area contributed by atoms with Gasteiger partial charge in [-0.15, -0.1) is 11.3 Å². The lowest BCUT2D eigenvalue weighted by Gasteiger charge is -2.16. The molecular formula is C16H10F5NOS. The average molecular weight is 359 g/mol. The minimum absolute atomic E-state index is 0.372. The zero-order chi connectivity index (χ0) is 17.5. The normalized spacial score (nSPS) is 12.6. The summed E-state index contributed by atoms with van der Waals surface area (Å²) in [5, 5.41) is -0.553. The summed E-state index contributed by atoms with van der Waals surface area (Å²) in [6.07, 6.45) is -8.27. The van der Waals surface area contributed by atoms with Crippen LogP contribution in [-0.4, -0.2) is 4.98 Å². The van der Waals surface area contributed by atoms with E-state index in [0.717, 1.165) is 29.0 Å². The summed E-state index contributed by atoms with van der Waals surface area (Å²) >= 11 is 0.779. The maximum Gasteiger partial charge on any atom is 0.454 e. The van der Waals surface area contributed by atoms with Gasteiger partial charge in [-0.05, 0) is 48.9 Å². The zero-order valence-electron chi connectivity index (χ0n) is 12.2. The lowest BCUT2D eigenvalue weighted by atomic mass is 10.2. The lowest BCUT2D eigenvalue weighted by Crippen LogP contribution is -2.21. The molecule has 0 atom stereocenters. The number of nitrogens with zero attached hydrogens (tertiary/aromatic N) is 1. The third-order valence-electron chi connectivity index (χ3n) is 3.22. The topological polar surface area (TPSA) is 22.1 Å². The molecule has 3 rings (SSSR count). The number of rotatable bonds is 3. The second-order valence-electron chi connectivity index (χ2n) is 5.13. The molecule has 0 saturated carbocycles. The predicted molar refractivity (Wildman–Crippen MR) is 80.3 cm³/mol. The summed E-state index contributed by atoms with van der Waals surface area (Å²) in [6.45, 7) is 1.83. The molecule has 0 bridgehead atoms. The summed E-state index contributed by atoms with van der Waals surface area (Å²) in [7, 11) is 0. The molecule has 0 aliphatic heterocycles. The Kier molecular flexibility index (Phi) is 3.95. The highest BCUT2D eigenvalue weighted by atomic mass is 32.1. The van der Waals surface area contributed by atoms with Crippen molar-refractivity contribution in [2.45, 2.75) is 19.2 Å². The van der Waals surface area contributed by atoms with Crippen molar-refractivity contribution < 1.29 is 26.7 Å². The van der Waals surface area contributed by atoms with Crippen LogP contribution in [0.3, 0.4) is 0 Å². The highest BCUT2D eigenvalue weighted by Gasteiger charge is 2.39. The highest BCUT2D eigenvalue weighted by molar-refractivity contribution is 7.18. The van der Waals surface area contributed by atoms with E-state index in [2.05, 4.69) is 9.72 Å². The van der Waals surface area contributed by atoms with Crippen LogP contribution in [0.4, 0.5) is 22.0 Å². The van der Waals surface area contributed by atoms with E-state index in [1.54, 1.807) is 18.2 Å².